The highest BCUT2D eigenvalue weighted by Gasteiger charge is 2.06. The number of hydrogen-bond donors (Lipinski definition) is 2. The van der Waals surface area contributed by atoms with Crippen LogP contribution >= 0.6 is 0 Å². The maximum Gasteiger partial charge on any atom is 0.154 e. The van der Waals surface area contributed by atoms with Gasteiger partial charge in [0.1, 0.15) is 11.6 Å². The number of pyridine rings is 1. The molecule has 4 aromatic rings. The molecule has 3 aromatic heterocycles. The van der Waals surface area contributed by atoms with E-state index < -0.39 is 0 Å². The van der Waals surface area contributed by atoms with Crippen molar-refractivity contribution in [3.8, 4) is 5.75 Å². The summed E-state index contributed by atoms with van der Waals surface area (Å²) in [7, 11) is 3.45. The lowest BCUT2D eigenvalue weighted by Gasteiger charge is -2.04. The molecule has 4 rings (SSSR count). The molecular formula is C20H19N7O. The number of benzene rings is 1. The molecule has 8 heteroatoms. The van der Waals surface area contributed by atoms with Gasteiger partial charge in [0.25, 0.3) is 0 Å². The number of aromatic amines is 1. The van der Waals surface area contributed by atoms with Crippen molar-refractivity contribution in [3.05, 3.63) is 71.7 Å². The zero-order valence-corrected chi connectivity index (χ0v) is 15.5. The Bertz CT molecular complexity index is 1170. The smallest absolute Gasteiger partial charge is 0.154 e. The highest BCUT2D eigenvalue weighted by atomic mass is 16.5. The maximum atomic E-state index is 8.07. The summed E-state index contributed by atoms with van der Waals surface area (Å²) >= 11 is 0. The molecule has 3 heterocycles. The average Bonchev–Trinajstić information content (AvgIpc) is 3.34. The second-order valence-corrected chi connectivity index (χ2v) is 6.39. The number of ether oxygens (including phenoxy) is 1. The summed E-state index contributed by atoms with van der Waals surface area (Å²) in [4.78, 5) is 7.55. The Balaban J connectivity index is 1.48. The molecule has 0 fully saturated rings. The molecule has 8 nitrogen and oxygen atoms in total. The third kappa shape index (κ3) is 3.80. The van der Waals surface area contributed by atoms with Crippen LogP contribution in [0.15, 0.2) is 48.9 Å². The molecular weight excluding hydrogens is 354 g/mol. The fourth-order valence-corrected chi connectivity index (χ4v) is 2.86. The lowest BCUT2D eigenvalue weighted by Crippen LogP contribution is -1.93. The molecule has 0 aliphatic carbocycles. The van der Waals surface area contributed by atoms with Gasteiger partial charge in [-0.15, -0.1) is 10.2 Å². The average molecular weight is 373 g/mol. The van der Waals surface area contributed by atoms with E-state index in [2.05, 4.69) is 31.3 Å². The van der Waals surface area contributed by atoms with Crippen LogP contribution in [0.2, 0.25) is 0 Å². The lowest BCUT2D eigenvalue weighted by molar-refractivity contribution is 0.414. The van der Waals surface area contributed by atoms with E-state index in [1.807, 2.05) is 25.2 Å². The minimum Gasteiger partial charge on any atom is -0.495 e. The summed E-state index contributed by atoms with van der Waals surface area (Å²) in [6.45, 7) is 0. The first-order chi connectivity index (χ1) is 13.6. The van der Waals surface area contributed by atoms with Crippen LogP contribution in [-0.2, 0) is 13.5 Å². The Morgan fingerprint density at radius 2 is 2.14 bits per heavy atom. The van der Waals surface area contributed by atoms with E-state index in [0.717, 1.165) is 33.6 Å². The standard InChI is InChI=1S/C20H19N7O/c1-27-12-15(10-23-27)17(21)4-6-19-24-20(26-25-19)8-13-3-5-18-14(7-13)9-16(28-2)11-22-18/h3-7,9-12,21H,8H2,1-2H3,(H,24,25,26)/b6-4-,21-17?. The third-order valence-electron chi connectivity index (χ3n) is 4.30. The van der Waals surface area contributed by atoms with Gasteiger partial charge in [0, 0.05) is 30.6 Å². The van der Waals surface area contributed by atoms with E-state index in [1.54, 1.807) is 42.5 Å². The third-order valence-corrected chi connectivity index (χ3v) is 4.30. The molecule has 0 unspecified atom stereocenters. The van der Waals surface area contributed by atoms with Gasteiger partial charge in [-0.25, -0.2) is 0 Å². The highest BCUT2D eigenvalue weighted by molar-refractivity contribution is 6.08. The number of fused-ring (bicyclic) bond motifs is 1. The maximum absolute atomic E-state index is 8.07. The number of aromatic nitrogens is 6. The van der Waals surface area contributed by atoms with Crippen molar-refractivity contribution in [2.24, 2.45) is 7.05 Å². The molecule has 0 atom stereocenters. The monoisotopic (exact) mass is 373 g/mol. The van der Waals surface area contributed by atoms with Gasteiger partial charge in [-0.2, -0.15) is 5.10 Å². The zero-order chi connectivity index (χ0) is 19.5. The molecule has 0 saturated carbocycles. The number of allylic oxidation sites excluding steroid dienone is 1. The molecule has 0 radical (unpaired) electrons. The molecule has 140 valence electrons. The van der Waals surface area contributed by atoms with Crippen molar-refractivity contribution in [2.45, 2.75) is 6.42 Å². The van der Waals surface area contributed by atoms with Gasteiger partial charge in [0.15, 0.2) is 5.82 Å². The second-order valence-electron chi connectivity index (χ2n) is 6.39. The predicted molar refractivity (Wildman–Crippen MR) is 107 cm³/mol. The first-order valence-corrected chi connectivity index (χ1v) is 8.70. The number of aryl methyl sites for hydroxylation is 1. The molecule has 0 amide bonds. The molecule has 2 N–H and O–H groups in total. The van der Waals surface area contributed by atoms with Crippen LogP contribution in [0.5, 0.6) is 5.75 Å². The van der Waals surface area contributed by atoms with Gasteiger partial charge < -0.3 is 15.1 Å². The van der Waals surface area contributed by atoms with Crippen LogP contribution in [0, 0.1) is 5.41 Å². The summed E-state index contributed by atoms with van der Waals surface area (Å²) in [5.74, 6) is 2.09. The number of nitrogens with zero attached hydrogens (tertiary/aromatic N) is 5. The van der Waals surface area contributed by atoms with Crippen molar-refractivity contribution in [3.63, 3.8) is 0 Å². The van der Waals surface area contributed by atoms with Crippen LogP contribution in [0.3, 0.4) is 0 Å². The Morgan fingerprint density at radius 1 is 1.25 bits per heavy atom. The predicted octanol–water partition coefficient (Wildman–Crippen LogP) is 2.77. The van der Waals surface area contributed by atoms with E-state index >= 15 is 0 Å². The molecule has 0 bridgehead atoms. The zero-order valence-electron chi connectivity index (χ0n) is 15.5. The summed E-state index contributed by atoms with van der Waals surface area (Å²) in [6.07, 6.45) is 9.19. The molecule has 0 spiro atoms. The van der Waals surface area contributed by atoms with E-state index in [1.165, 1.54) is 0 Å². The number of methoxy groups -OCH3 is 1. The molecule has 0 aliphatic heterocycles. The van der Waals surface area contributed by atoms with Crippen LogP contribution < -0.4 is 4.74 Å². The van der Waals surface area contributed by atoms with Crippen molar-refractivity contribution >= 4 is 22.7 Å². The number of nitrogens with one attached hydrogen (secondary N) is 2. The topological polar surface area (TPSA) is 105 Å². The summed E-state index contributed by atoms with van der Waals surface area (Å²) in [5.41, 5.74) is 3.12. The normalized spacial score (nSPS) is 11.4. The van der Waals surface area contributed by atoms with Gasteiger partial charge in [-0.1, -0.05) is 6.07 Å². The number of H-pyrrole nitrogens is 1. The highest BCUT2D eigenvalue weighted by Crippen LogP contribution is 2.20. The van der Waals surface area contributed by atoms with E-state index in [-0.39, 0.29) is 0 Å². The van der Waals surface area contributed by atoms with Crippen molar-refractivity contribution in [1.82, 2.24) is 29.9 Å². The van der Waals surface area contributed by atoms with Gasteiger partial charge in [-0.05, 0) is 35.9 Å². The van der Waals surface area contributed by atoms with Crippen LogP contribution in [-0.4, -0.2) is 42.8 Å². The van der Waals surface area contributed by atoms with E-state index in [9.17, 15) is 0 Å². The first-order valence-electron chi connectivity index (χ1n) is 8.70. The van der Waals surface area contributed by atoms with Gasteiger partial charge in [0.2, 0.25) is 0 Å². The second kappa shape index (κ2) is 7.43. The van der Waals surface area contributed by atoms with E-state index in [4.69, 9.17) is 10.1 Å². The van der Waals surface area contributed by atoms with Crippen molar-refractivity contribution in [1.29, 1.82) is 5.41 Å². The van der Waals surface area contributed by atoms with Gasteiger partial charge in [-0.3, -0.25) is 9.67 Å². The van der Waals surface area contributed by atoms with Crippen molar-refractivity contribution < 1.29 is 4.74 Å². The lowest BCUT2D eigenvalue weighted by atomic mass is 10.1. The summed E-state index contributed by atoms with van der Waals surface area (Å²) < 4.78 is 6.91. The number of hydrogen-bond acceptors (Lipinski definition) is 6. The quantitative estimate of drug-likeness (QED) is 0.506. The largest absolute Gasteiger partial charge is 0.495 e. The van der Waals surface area contributed by atoms with Gasteiger partial charge >= 0.3 is 0 Å². The fourth-order valence-electron chi connectivity index (χ4n) is 2.86. The van der Waals surface area contributed by atoms with E-state index in [0.29, 0.717) is 18.0 Å². The Morgan fingerprint density at radius 3 is 2.93 bits per heavy atom. The number of rotatable bonds is 6. The molecule has 1 aromatic carbocycles. The molecule has 0 aliphatic rings. The Hall–Kier alpha value is -3.81. The Labute approximate surface area is 161 Å². The van der Waals surface area contributed by atoms with Crippen LogP contribution in [0.25, 0.3) is 17.0 Å². The first kappa shape index (κ1) is 17.6. The molecule has 28 heavy (non-hydrogen) atoms. The van der Waals surface area contributed by atoms with Crippen LogP contribution in [0.1, 0.15) is 22.8 Å². The molecule has 0 saturated heterocycles. The minimum atomic E-state index is 0.363. The Kier molecular flexibility index (Phi) is 4.67. The van der Waals surface area contributed by atoms with Crippen molar-refractivity contribution in [2.75, 3.05) is 7.11 Å². The fraction of sp³-hybridized carbons (Fsp3) is 0.150. The minimum absolute atomic E-state index is 0.363. The van der Waals surface area contributed by atoms with Crippen LogP contribution in [0.4, 0.5) is 0 Å². The SMILES string of the molecule is COc1cnc2ccc(Cc3nnc(/C=C\C(=N)c4cnn(C)c4)[nH]3)cc2c1. The summed E-state index contributed by atoms with van der Waals surface area (Å²) in [6, 6.07) is 8.04. The summed E-state index contributed by atoms with van der Waals surface area (Å²) in [5, 5.41) is 21.5. The van der Waals surface area contributed by atoms with Gasteiger partial charge in [0.05, 0.1) is 30.7 Å².